The number of urea groups is 1. The number of nitrogens with zero attached hydrogens (tertiary/aromatic N) is 2. The number of hydrogen-bond acceptors (Lipinski definition) is 4. The van der Waals surface area contributed by atoms with E-state index in [1.165, 1.54) is 12.1 Å². The molecule has 2 saturated heterocycles. The summed E-state index contributed by atoms with van der Waals surface area (Å²) in [6.45, 7) is 1.27. The Labute approximate surface area is 144 Å². The maximum absolute atomic E-state index is 13.0. The van der Waals surface area contributed by atoms with Crippen molar-refractivity contribution in [3.63, 3.8) is 0 Å². The van der Waals surface area contributed by atoms with Crippen molar-refractivity contribution in [1.29, 1.82) is 0 Å². The minimum absolute atomic E-state index is 0.239. The lowest BCUT2D eigenvalue weighted by Gasteiger charge is -2.37. The van der Waals surface area contributed by atoms with Crippen molar-refractivity contribution < 1.29 is 14.0 Å². The maximum Gasteiger partial charge on any atom is 0.322 e. The highest BCUT2D eigenvalue weighted by atomic mass is 19.1. The fraction of sp³-hybridized carbons (Fsp3) is 0.278. The third kappa shape index (κ3) is 2.82. The molecule has 3 amide bonds. The van der Waals surface area contributed by atoms with Gasteiger partial charge in [-0.1, -0.05) is 12.1 Å². The summed E-state index contributed by atoms with van der Waals surface area (Å²) in [7, 11) is 0. The van der Waals surface area contributed by atoms with E-state index in [2.05, 4.69) is 20.5 Å². The molecule has 4 rings (SSSR count). The molecule has 7 heteroatoms. The standard InChI is InChI=1S/C18H17FN4O2/c19-14-4-1-12(2-5-14)13-3-6-15(20-11-13)23-9-7-18(8-10-23)16(24)21-17(25)22-18/h1-6,11H,7-10H2,(H2,21,22,24,25). The first kappa shape index (κ1) is 15.6. The molecule has 2 aliphatic heterocycles. The van der Waals surface area contributed by atoms with Gasteiger partial charge in [-0.2, -0.15) is 0 Å². The molecule has 128 valence electrons. The molecule has 0 aliphatic carbocycles. The van der Waals surface area contributed by atoms with Crippen LogP contribution < -0.4 is 15.5 Å². The molecule has 0 bridgehead atoms. The highest BCUT2D eigenvalue weighted by Crippen LogP contribution is 2.28. The van der Waals surface area contributed by atoms with E-state index in [4.69, 9.17) is 0 Å². The zero-order chi connectivity index (χ0) is 17.4. The number of nitrogens with one attached hydrogen (secondary N) is 2. The molecule has 6 nitrogen and oxygen atoms in total. The second-order valence-corrected chi connectivity index (χ2v) is 6.39. The first-order valence-corrected chi connectivity index (χ1v) is 8.16. The lowest BCUT2D eigenvalue weighted by atomic mass is 9.88. The van der Waals surface area contributed by atoms with Crippen molar-refractivity contribution in [2.75, 3.05) is 18.0 Å². The minimum atomic E-state index is -0.776. The first-order valence-electron chi connectivity index (χ1n) is 8.16. The molecule has 0 saturated carbocycles. The van der Waals surface area contributed by atoms with Gasteiger partial charge in [-0.05, 0) is 42.7 Å². The quantitative estimate of drug-likeness (QED) is 0.821. The van der Waals surface area contributed by atoms with Gasteiger partial charge in [-0.3, -0.25) is 10.1 Å². The van der Waals surface area contributed by atoms with E-state index in [9.17, 15) is 14.0 Å². The van der Waals surface area contributed by atoms with Crippen LogP contribution in [0.15, 0.2) is 42.6 Å². The minimum Gasteiger partial charge on any atom is -0.356 e. The molecule has 2 aliphatic rings. The van der Waals surface area contributed by atoms with Crippen LogP contribution in [0.1, 0.15) is 12.8 Å². The second kappa shape index (κ2) is 5.84. The van der Waals surface area contributed by atoms with Gasteiger partial charge in [0.05, 0.1) is 0 Å². The highest BCUT2D eigenvalue weighted by Gasteiger charge is 2.47. The number of anilines is 1. The number of pyridine rings is 1. The molecule has 1 spiro atoms. The van der Waals surface area contributed by atoms with Gasteiger partial charge in [0.2, 0.25) is 0 Å². The van der Waals surface area contributed by atoms with Crippen LogP contribution in [0.25, 0.3) is 11.1 Å². The van der Waals surface area contributed by atoms with Gasteiger partial charge in [-0.15, -0.1) is 0 Å². The number of rotatable bonds is 2. The molecule has 25 heavy (non-hydrogen) atoms. The Bertz CT molecular complexity index is 812. The number of piperidine rings is 1. The van der Waals surface area contributed by atoms with Crippen LogP contribution in [0.2, 0.25) is 0 Å². The largest absolute Gasteiger partial charge is 0.356 e. The Hall–Kier alpha value is -2.96. The maximum atomic E-state index is 13.0. The van der Waals surface area contributed by atoms with Crippen LogP contribution in [0.3, 0.4) is 0 Å². The molecular weight excluding hydrogens is 323 g/mol. The Morgan fingerprint density at radius 3 is 2.24 bits per heavy atom. The van der Waals surface area contributed by atoms with Crippen molar-refractivity contribution in [2.45, 2.75) is 18.4 Å². The van der Waals surface area contributed by atoms with E-state index in [-0.39, 0.29) is 11.7 Å². The Kier molecular flexibility index (Phi) is 3.63. The molecule has 0 unspecified atom stereocenters. The van der Waals surface area contributed by atoms with Crippen molar-refractivity contribution in [3.8, 4) is 11.1 Å². The average molecular weight is 340 g/mol. The van der Waals surface area contributed by atoms with Crippen LogP contribution >= 0.6 is 0 Å². The summed E-state index contributed by atoms with van der Waals surface area (Å²) in [5.74, 6) is 0.320. The van der Waals surface area contributed by atoms with Gasteiger partial charge < -0.3 is 10.2 Å². The number of carbonyl (C=O) groups excluding carboxylic acids is 2. The predicted molar refractivity (Wildman–Crippen MR) is 90.5 cm³/mol. The van der Waals surface area contributed by atoms with Crippen molar-refractivity contribution in [3.05, 3.63) is 48.4 Å². The molecule has 2 N–H and O–H groups in total. The number of imide groups is 1. The summed E-state index contributed by atoms with van der Waals surface area (Å²) in [6.07, 6.45) is 2.86. The summed E-state index contributed by atoms with van der Waals surface area (Å²) in [4.78, 5) is 29.9. The number of carbonyl (C=O) groups is 2. The number of aromatic nitrogens is 1. The monoisotopic (exact) mass is 340 g/mol. The van der Waals surface area contributed by atoms with E-state index in [0.717, 1.165) is 16.9 Å². The average Bonchev–Trinajstić information content (AvgIpc) is 2.90. The van der Waals surface area contributed by atoms with Gasteiger partial charge in [0.25, 0.3) is 5.91 Å². The van der Waals surface area contributed by atoms with Gasteiger partial charge >= 0.3 is 6.03 Å². The van der Waals surface area contributed by atoms with Crippen LogP contribution in [0, 0.1) is 5.82 Å². The van der Waals surface area contributed by atoms with E-state index < -0.39 is 11.6 Å². The van der Waals surface area contributed by atoms with Crippen LogP contribution in [0.4, 0.5) is 15.0 Å². The molecule has 2 fully saturated rings. The molecule has 0 radical (unpaired) electrons. The third-order valence-electron chi connectivity index (χ3n) is 4.88. The Morgan fingerprint density at radius 2 is 1.68 bits per heavy atom. The summed E-state index contributed by atoms with van der Waals surface area (Å²) < 4.78 is 13.0. The molecular formula is C18H17FN4O2. The number of amides is 3. The topological polar surface area (TPSA) is 74.3 Å². The SMILES string of the molecule is O=C1NC(=O)C2(CCN(c3ccc(-c4ccc(F)cc4)cn3)CC2)N1. The molecule has 1 aromatic heterocycles. The first-order chi connectivity index (χ1) is 12.1. The van der Waals surface area contributed by atoms with Crippen molar-refractivity contribution in [2.24, 2.45) is 0 Å². The van der Waals surface area contributed by atoms with Crippen molar-refractivity contribution in [1.82, 2.24) is 15.6 Å². The van der Waals surface area contributed by atoms with Gasteiger partial charge in [0.15, 0.2) is 0 Å². The number of hydrogen-bond donors (Lipinski definition) is 2. The Morgan fingerprint density at radius 1 is 1.00 bits per heavy atom. The van der Waals surface area contributed by atoms with Gasteiger partial charge in [0.1, 0.15) is 17.2 Å². The highest BCUT2D eigenvalue weighted by molar-refractivity contribution is 6.07. The molecule has 1 aromatic carbocycles. The summed E-state index contributed by atoms with van der Waals surface area (Å²) in [6, 6.07) is 9.74. The molecule has 0 atom stereocenters. The second-order valence-electron chi connectivity index (χ2n) is 6.39. The summed E-state index contributed by atoms with van der Waals surface area (Å²) in [5, 5.41) is 5.06. The predicted octanol–water partition coefficient (Wildman–Crippen LogP) is 2.07. The normalized spacial score (nSPS) is 19.0. The fourth-order valence-corrected chi connectivity index (χ4v) is 3.38. The third-order valence-corrected chi connectivity index (χ3v) is 4.88. The summed E-state index contributed by atoms with van der Waals surface area (Å²) >= 11 is 0. The summed E-state index contributed by atoms with van der Waals surface area (Å²) in [5.41, 5.74) is 1.05. The lowest BCUT2D eigenvalue weighted by Crippen LogP contribution is -2.55. The van der Waals surface area contributed by atoms with Gasteiger partial charge in [0, 0.05) is 24.8 Å². The van der Waals surface area contributed by atoms with E-state index in [1.54, 1.807) is 18.3 Å². The van der Waals surface area contributed by atoms with E-state index in [0.29, 0.717) is 25.9 Å². The Balaban J connectivity index is 1.46. The zero-order valence-corrected chi connectivity index (χ0v) is 13.5. The van der Waals surface area contributed by atoms with E-state index in [1.807, 2.05) is 12.1 Å². The van der Waals surface area contributed by atoms with Crippen molar-refractivity contribution >= 4 is 17.8 Å². The zero-order valence-electron chi connectivity index (χ0n) is 13.5. The lowest BCUT2D eigenvalue weighted by molar-refractivity contribution is -0.124. The molecule has 2 aromatic rings. The fourth-order valence-electron chi connectivity index (χ4n) is 3.38. The van der Waals surface area contributed by atoms with Gasteiger partial charge in [-0.25, -0.2) is 14.2 Å². The number of benzene rings is 1. The van der Waals surface area contributed by atoms with Crippen LogP contribution in [-0.4, -0.2) is 35.6 Å². The smallest absolute Gasteiger partial charge is 0.322 e. The number of halogens is 1. The van der Waals surface area contributed by atoms with E-state index >= 15 is 0 Å². The van der Waals surface area contributed by atoms with Crippen LogP contribution in [-0.2, 0) is 4.79 Å². The molecule has 3 heterocycles. The van der Waals surface area contributed by atoms with Crippen LogP contribution in [0.5, 0.6) is 0 Å².